The number of aromatic nitrogens is 2. The molecule has 0 aliphatic carbocycles. The first kappa shape index (κ1) is 11.5. The molecule has 0 amide bonds. The van der Waals surface area contributed by atoms with Crippen LogP contribution in [0.5, 0.6) is 0 Å². The van der Waals surface area contributed by atoms with Crippen LogP contribution < -0.4 is 10.6 Å². The highest BCUT2D eigenvalue weighted by molar-refractivity contribution is 5.78. The molecule has 2 heterocycles. The van der Waals surface area contributed by atoms with Crippen molar-refractivity contribution in [2.24, 2.45) is 0 Å². The second kappa shape index (κ2) is 4.61. The monoisotopic (exact) mass is 254 g/mol. The van der Waals surface area contributed by atoms with Gasteiger partial charge in [0.15, 0.2) is 5.58 Å². The Labute approximate surface area is 110 Å². The van der Waals surface area contributed by atoms with Crippen LogP contribution in [0, 0.1) is 0 Å². The fraction of sp³-hybridized carbons (Fsp3) is 0.143. The van der Waals surface area contributed by atoms with Crippen molar-refractivity contribution in [1.29, 1.82) is 0 Å². The Hall–Kier alpha value is -2.56. The molecule has 1 aromatic carbocycles. The smallest absolute Gasteiger partial charge is 0.298 e. The molecule has 19 heavy (non-hydrogen) atoms. The number of rotatable bonds is 3. The molecular formula is C14H14N4O. The molecule has 0 atom stereocenters. The molecule has 5 heteroatoms. The van der Waals surface area contributed by atoms with Gasteiger partial charge < -0.3 is 15.1 Å². The zero-order valence-corrected chi connectivity index (χ0v) is 10.6. The van der Waals surface area contributed by atoms with E-state index in [1.807, 2.05) is 36.3 Å². The average molecular weight is 254 g/mol. The van der Waals surface area contributed by atoms with E-state index in [4.69, 9.17) is 10.2 Å². The van der Waals surface area contributed by atoms with Crippen LogP contribution >= 0.6 is 0 Å². The maximum Gasteiger partial charge on any atom is 0.298 e. The Kier molecular flexibility index (Phi) is 2.79. The van der Waals surface area contributed by atoms with E-state index in [2.05, 4.69) is 9.97 Å². The van der Waals surface area contributed by atoms with Gasteiger partial charge in [-0.1, -0.05) is 6.07 Å². The fourth-order valence-electron chi connectivity index (χ4n) is 1.93. The van der Waals surface area contributed by atoms with Crippen molar-refractivity contribution < 1.29 is 4.42 Å². The Balaban J connectivity index is 1.87. The van der Waals surface area contributed by atoms with Gasteiger partial charge in [0, 0.05) is 31.7 Å². The highest BCUT2D eigenvalue weighted by atomic mass is 16.4. The Morgan fingerprint density at radius 3 is 3.00 bits per heavy atom. The highest BCUT2D eigenvalue weighted by Gasteiger charge is 2.10. The summed E-state index contributed by atoms with van der Waals surface area (Å²) in [6.45, 7) is 0.691. The van der Waals surface area contributed by atoms with Crippen molar-refractivity contribution in [3.8, 4) is 0 Å². The third kappa shape index (κ3) is 2.35. The number of fused-ring (bicyclic) bond motifs is 1. The minimum absolute atomic E-state index is 0.574. The highest BCUT2D eigenvalue weighted by Crippen LogP contribution is 2.23. The fourth-order valence-corrected chi connectivity index (χ4v) is 1.93. The molecule has 2 N–H and O–H groups in total. The van der Waals surface area contributed by atoms with Crippen LogP contribution in [0.1, 0.15) is 5.56 Å². The summed E-state index contributed by atoms with van der Waals surface area (Å²) in [6, 6.07) is 9.95. The van der Waals surface area contributed by atoms with E-state index in [1.54, 1.807) is 18.3 Å². The van der Waals surface area contributed by atoms with E-state index in [0.717, 1.165) is 16.7 Å². The molecule has 0 unspecified atom stereocenters. The zero-order chi connectivity index (χ0) is 13.2. The lowest BCUT2D eigenvalue weighted by molar-refractivity contribution is 0.582. The van der Waals surface area contributed by atoms with Gasteiger partial charge in [-0.15, -0.1) is 0 Å². The van der Waals surface area contributed by atoms with Gasteiger partial charge in [-0.2, -0.15) is 4.98 Å². The predicted octanol–water partition coefficient (Wildman–Crippen LogP) is 2.44. The first-order chi connectivity index (χ1) is 9.22. The number of hydrogen-bond acceptors (Lipinski definition) is 5. The van der Waals surface area contributed by atoms with Crippen molar-refractivity contribution in [3.63, 3.8) is 0 Å². The maximum atomic E-state index is 5.73. The number of oxazole rings is 1. The van der Waals surface area contributed by atoms with E-state index in [-0.39, 0.29) is 0 Å². The molecule has 5 nitrogen and oxygen atoms in total. The van der Waals surface area contributed by atoms with Gasteiger partial charge in [0.05, 0.1) is 0 Å². The molecule has 96 valence electrons. The lowest BCUT2D eigenvalue weighted by Gasteiger charge is -2.13. The number of nitrogen functional groups attached to an aromatic ring is 1. The normalized spacial score (nSPS) is 10.8. The second-order valence-electron chi connectivity index (χ2n) is 4.44. The van der Waals surface area contributed by atoms with E-state index >= 15 is 0 Å². The number of benzene rings is 1. The van der Waals surface area contributed by atoms with E-state index in [9.17, 15) is 0 Å². The number of nitrogens with two attached hydrogens (primary N) is 1. The molecule has 3 aromatic rings. The maximum absolute atomic E-state index is 5.73. The Morgan fingerprint density at radius 2 is 2.21 bits per heavy atom. The van der Waals surface area contributed by atoms with Crippen molar-refractivity contribution in [1.82, 2.24) is 9.97 Å². The summed E-state index contributed by atoms with van der Waals surface area (Å²) in [4.78, 5) is 10.5. The van der Waals surface area contributed by atoms with Gasteiger partial charge in [-0.25, -0.2) is 0 Å². The third-order valence-corrected chi connectivity index (χ3v) is 2.87. The zero-order valence-electron chi connectivity index (χ0n) is 10.6. The topological polar surface area (TPSA) is 68.2 Å². The standard InChI is InChI=1S/C14H14N4O/c1-18(9-10-3-2-6-16-8-10)14-17-12-7-11(15)4-5-13(12)19-14/h2-8H,9,15H2,1H3. The van der Waals surface area contributed by atoms with E-state index in [1.165, 1.54) is 0 Å². The molecule has 0 saturated carbocycles. The van der Waals surface area contributed by atoms with Gasteiger partial charge in [-0.05, 0) is 29.8 Å². The number of pyridine rings is 1. The summed E-state index contributed by atoms with van der Waals surface area (Å²) in [5, 5.41) is 0. The minimum atomic E-state index is 0.574. The third-order valence-electron chi connectivity index (χ3n) is 2.87. The summed E-state index contributed by atoms with van der Waals surface area (Å²) in [5.74, 6) is 0. The lowest BCUT2D eigenvalue weighted by atomic mass is 10.3. The molecule has 0 aliphatic heterocycles. The summed E-state index contributed by atoms with van der Waals surface area (Å²) in [6.07, 6.45) is 3.59. The Bertz CT molecular complexity index is 693. The molecule has 0 spiro atoms. The predicted molar refractivity (Wildman–Crippen MR) is 74.8 cm³/mol. The van der Waals surface area contributed by atoms with Crippen LogP contribution in [-0.2, 0) is 6.54 Å². The summed E-state index contributed by atoms with van der Waals surface area (Å²) < 4.78 is 5.70. The quantitative estimate of drug-likeness (QED) is 0.727. The van der Waals surface area contributed by atoms with Crippen LogP contribution in [0.4, 0.5) is 11.7 Å². The minimum Gasteiger partial charge on any atom is -0.423 e. The lowest BCUT2D eigenvalue weighted by Crippen LogP contribution is -2.16. The summed E-state index contributed by atoms with van der Waals surface area (Å²) in [7, 11) is 1.93. The molecule has 2 aromatic heterocycles. The van der Waals surface area contributed by atoms with Gasteiger partial charge in [0.2, 0.25) is 0 Å². The van der Waals surface area contributed by atoms with Crippen molar-refractivity contribution in [2.45, 2.75) is 6.54 Å². The largest absolute Gasteiger partial charge is 0.423 e. The molecule has 0 bridgehead atoms. The van der Waals surface area contributed by atoms with E-state index < -0.39 is 0 Å². The van der Waals surface area contributed by atoms with Crippen molar-refractivity contribution in [2.75, 3.05) is 17.7 Å². The van der Waals surface area contributed by atoms with Gasteiger partial charge >= 0.3 is 0 Å². The van der Waals surface area contributed by atoms with Crippen LogP contribution in [0.3, 0.4) is 0 Å². The number of hydrogen-bond donors (Lipinski definition) is 1. The van der Waals surface area contributed by atoms with Gasteiger partial charge in [0.25, 0.3) is 6.01 Å². The molecule has 0 saturated heterocycles. The van der Waals surface area contributed by atoms with Crippen LogP contribution in [0.15, 0.2) is 47.1 Å². The molecule has 0 aliphatic rings. The second-order valence-corrected chi connectivity index (χ2v) is 4.44. The molecule has 3 rings (SSSR count). The number of anilines is 2. The Morgan fingerprint density at radius 1 is 1.32 bits per heavy atom. The van der Waals surface area contributed by atoms with E-state index in [0.29, 0.717) is 18.2 Å². The first-order valence-corrected chi connectivity index (χ1v) is 5.98. The van der Waals surface area contributed by atoms with Crippen LogP contribution in [0.2, 0.25) is 0 Å². The van der Waals surface area contributed by atoms with Gasteiger partial charge in [-0.3, -0.25) is 4.98 Å². The van der Waals surface area contributed by atoms with Crippen molar-refractivity contribution >= 4 is 22.8 Å². The van der Waals surface area contributed by atoms with Crippen molar-refractivity contribution in [3.05, 3.63) is 48.3 Å². The molecule has 0 fully saturated rings. The van der Waals surface area contributed by atoms with Crippen LogP contribution in [-0.4, -0.2) is 17.0 Å². The SMILES string of the molecule is CN(Cc1cccnc1)c1nc2cc(N)ccc2o1. The van der Waals surface area contributed by atoms with Gasteiger partial charge in [0.1, 0.15) is 5.52 Å². The summed E-state index contributed by atoms with van der Waals surface area (Å²) in [5.41, 5.74) is 9.02. The average Bonchev–Trinajstić information content (AvgIpc) is 2.83. The first-order valence-electron chi connectivity index (χ1n) is 5.98. The molecule has 0 radical (unpaired) electrons. The summed E-state index contributed by atoms with van der Waals surface area (Å²) >= 11 is 0. The molecular weight excluding hydrogens is 240 g/mol. The number of nitrogens with zero attached hydrogens (tertiary/aromatic N) is 3. The van der Waals surface area contributed by atoms with Crippen LogP contribution in [0.25, 0.3) is 11.1 Å².